The summed E-state index contributed by atoms with van der Waals surface area (Å²) in [5.41, 5.74) is -0.721. The minimum Gasteiger partial charge on any atom is -0.359 e. The first-order valence-corrected chi connectivity index (χ1v) is 7.00. The summed E-state index contributed by atoms with van der Waals surface area (Å²) < 4.78 is 39.0. The van der Waals surface area contributed by atoms with Crippen molar-refractivity contribution < 1.29 is 13.2 Å². The van der Waals surface area contributed by atoms with Crippen LogP contribution in [0.15, 0.2) is 16.7 Å². The molecular weight excluding hydrogens is 377 g/mol. The van der Waals surface area contributed by atoms with E-state index in [2.05, 4.69) is 36.8 Å². The molecule has 0 spiro atoms. The molecule has 0 aliphatic rings. The molecule has 0 saturated carbocycles. The van der Waals surface area contributed by atoms with Crippen molar-refractivity contribution in [2.45, 2.75) is 24.3 Å². The van der Waals surface area contributed by atoms with E-state index in [1.165, 1.54) is 11.1 Å². The van der Waals surface area contributed by atoms with Gasteiger partial charge in [0.05, 0.1) is 5.56 Å². The maximum absolute atomic E-state index is 12.9. The molecule has 1 aromatic rings. The van der Waals surface area contributed by atoms with Crippen molar-refractivity contribution in [3.8, 4) is 0 Å². The monoisotopic (exact) mass is 388 g/mol. The Morgan fingerprint density at radius 2 is 2.06 bits per heavy atom. The topological polar surface area (TPSA) is 16.1 Å². The average molecular weight is 390 g/mol. The molecule has 2 nitrogen and oxygen atoms in total. The second kappa shape index (κ2) is 6.23. The number of rotatable bonds is 4. The fourth-order valence-corrected chi connectivity index (χ4v) is 1.96. The SMILES string of the molecule is CC(Br)CCN(C)c1ncc(Br)cc1C(F)(F)F. The highest BCUT2D eigenvalue weighted by Crippen LogP contribution is 2.36. The van der Waals surface area contributed by atoms with E-state index in [1.54, 1.807) is 7.05 Å². The van der Waals surface area contributed by atoms with E-state index < -0.39 is 11.7 Å². The predicted octanol–water partition coefficient (Wildman–Crippen LogP) is 4.47. The number of hydrogen-bond acceptors (Lipinski definition) is 2. The zero-order valence-electron chi connectivity index (χ0n) is 9.93. The van der Waals surface area contributed by atoms with Crippen LogP contribution in [-0.2, 0) is 6.18 Å². The molecule has 1 atom stereocenters. The number of pyridine rings is 1. The molecule has 0 aliphatic heterocycles. The van der Waals surface area contributed by atoms with Gasteiger partial charge in [0.1, 0.15) is 5.82 Å². The van der Waals surface area contributed by atoms with E-state index in [0.29, 0.717) is 11.0 Å². The van der Waals surface area contributed by atoms with E-state index in [-0.39, 0.29) is 10.6 Å². The van der Waals surface area contributed by atoms with Crippen LogP contribution in [-0.4, -0.2) is 23.4 Å². The van der Waals surface area contributed by atoms with Crippen molar-refractivity contribution in [3.05, 3.63) is 22.3 Å². The lowest BCUT2D eigenvalue weighted by Gasteiger charge is -2.22. The molecule has 1 unspecified atom stereocenters. The van der Waals surface area contributed by atoms with Crippen LogP contribution < -0.4 is 4.90 Å². The summed E-state index contributed by atoms with van der Waals surface area (Å²) in [5.74, 6) is -0.0427. The number of anilines is 1. The Balaban J connectivity index is 3.00. The summed E-state index contributed by atoms with van der Waals surface area (Å²) in [7, 11) is 1.61. The molecular formula is C11H13Br2F3N2. The van der Waals surface area contributed by atoms with Gasteiger partial charge in [-0.05, 0) is 28.4 Å². The van der Waals surface area contributed by atoms with Crippen LogP contribution in [0.3, 0.4) is 0 Å². The standard InChI is InChI=1S/C11H13Br2F3N2/c1-7(12)3-4-18(2)10-9(11(14,15)16)5-8(13)6-17-10/h5-7H,3-4H2,1-2H3. The summed E-state index contributed by atoms with van der Waals surface area (Å²) in [6, 6.07) is 1.05. The van der Waals surface area contributed by atoms with Crippen molar-refractivity contribution >= 4 is 37.7 Å². The predicted molar refractivity (Wildman–Crippen MR) is 73.2 cm³/mol. The maximum atomic E-state index is 12.9. The summed E-state index contributed by atoms with van der Waals surface area (Å²) in [6.07, 6.45) is -2.29. The Bertz CT molecular complexity index is 408. The molecule has 0 fully saturated rings. The minimum absolute atomic E-state index is 0.0427. The van der Waals surface area contributed by atoms with Crippen molar-refractivity contribution in [1.82, 2.24) is 4.98 Å². The Hall–Kier alpha value is -0.300. The van der Waals surface area contributed by atoms with Crippen molar-refractivity contribution in [2.24, 2.45) is 0 Å². The van der Waals surface area contributed by atoms with E-state index >= 15 is 0 Å². The molecule has 0 saturated heterocycles. The van der Waals surface area contributed by atoms with Crippen molar-refractivity contribution in [3.63, 3.8) is 0 Å². The Morgan fingerprint density at radius 3 is 2.56 bits per heavy atom. The van der Waals surface area contributed by atoms with Crippen molar-refractivity contribution in [2.75, 3.05) is 18.5 Å². The van der Waals surface area contributed by atoms with Gasteiger partial charge in [-0.2, -0.15) is 13.2 Å². The first kappa shape index (κ1) is 15.8. The third-order valence-electron chi connectivity index (χ3n) is 2.36. The molecule has 102 valence electrons. The van der Waals surface area contributed by atoms with Crippen LogP contribution in [0.1, 0.15) is 18.9 Å². The number of hydrogen-bond donors (Lipinski definition) is 0. The van der Waals surface area contributed by atoms with Crippen LogP contribution >= 0.6 is 31.9 Å². The molecule has 0 bridgehead atoms. The summed E-state index contributed by atoms with van der Waals surface area (Å²) >= 11 is 6.38. The van der Waals surface area contributed by atoms with Gasteiger partial charge in [-0.25, -0.2) is 4.98 Å². The Kier molecular flexibility index (Phi) is 5.46. The lowest BCUT2D eigenvalue weighted by atomic mass is 10.2. The Labute approximate surface area is 121 Å². The zero-order valence-corrected chi connectivity index (χ0v) is 13.1. The van der Waals surface area contributed by atoms with Gasteiger partial charge in [0.2, 0.25) is 0 Å². The smallest absolute Gasteiger partial charge is 0.359 e. The molecule has 0 radical (unpaired) electrons. The van der Waals surface area contributed by atoms with Crippen molar-refractivity contribution in [1.29, 1.82) is 0 Å². The normalized spacial score (nSPS) is 13.5. The molecule has 0 aromatic carbocycles. The largest absolute Gasteiger partial charge is 0.419 e. The second-order valence-corrected chi connectivity index (χ2v) is 6.49. The van der Waals surface area contributed by atoms with E-state index in [0.717, 1.165) is 12.5 Å². The maximum Gasteiger partial charge on any atom is 0.419 e. The highest BCUT2D eigenvalue weighted by atomic mass is 79.9. The van der Waals surface area contributed by atoms with Gasteiger partial charge in [-0.3, -0.25) is 0 Å². The lowest BCUT2D eigenvalue weighted by Crippen LogP contribution is -2.25. The van der Waals surface area contributed by atoms with E-state index in [1.807, 2.05) is 6.92 Å². The van der Waals surface area contributed by atoms with Gasteiger partial charge in [0.25, 0.3) is 0 Å². The van der Waals surface area contributed by atoms with E-state index in [4.69, 9.17) is 0 Å². The first-order valence-electron chi connectivity index (χ1n) is 5.29. The fraction of sp³-hybridized carbons (Fsp3) is 0.545. The number of alkyl halides is 4. The van der Waals surface area contributed by atoms with Crippen LogP contribution in [0.2, 0.25) is 0 Å². The van der Waals surface area contributed by atoms with Gasteiger partial charge in [-0.15, -0.1) is 0 Å². The molecule has 0 aliphatic carbocycles. The minimum atomic E-state index is -4.40. The molecule has 1 rings (SSSR count). The zero-order chi connectivity index (χ0) is 13.9. The van der Waals surface area contributed by atoms with Crippen LogP contribution in [0.25, 0.3) is 0 Å². The van der Waals surface area contributed by atoms with E-state index in [9.17, 15) is 13.2 Å². The molecule has 0 amide bonds. The number of aromatic nitrogens is 1. The van der Waals surface area contributed by atoms with Gasteiger partial charge < -0.3 is 4.90 Å². The summed E-state index contributed by atoms with van der Waals surface area (Å²) in [5, 5.41) is 0. The second-order valence-electron chi connectivity index (χ2n) is 4.01. The van der Waals surface area contributed by atoms with Gasteiger partial charge in [0.15, 0.2) is 0 Å². The number of nitrogens with zero attached hydrogens (tertiary/aromatic N) is 2. The highest BCUT2D eigenvalue weighted by molar-refractivity contribution is 9.10. The van der Waals surface area contributed by atoms with Gasteiger partial charge in [-0.1, -0.05) is 22.9 Å². The molecule has 0 N–H and O–H groups in total. The summed E-state index contributed by atoms with van der Waals surface area (Å²) in [4.78, 5) is 5.64. The van der Waals surface area contributed by atoms with Crippen LogP contribution in [0.4, 0.5) is 19.0 Å². The Morgan fingerprint density at radius 1 is 1.44 bits per heavy atom. The third-order valence-corrected chi connectivity index (χ3v) is 3.25. The quantitative estimate of drug-likeness (QED) is 0.706. The summed E-state index contributed by atoms with van der Waals surface area (Å²) in [6.45, 7) is 2.46. The lowest BCUT2D eigenvalue weighted by molar-refractivity contribution is -0.137. The molecule has 1 aromatic heterocycles. The number of halogens is 5. The molecule has 18 heavy (non-hydrogen) atoms. The first-order chi connectivity index (χ1) is 8.21. The molecule has 1 heterocycles. The third kappa shape index (κ3) is 4.42. The average Bonchev–Trinajstić information content (AvgIpc) is 2.24. The van der Waals surface area contributed by atoms with Gasteiger partial charge >= 0.3 is 6.18 Å². The highest BCUT2D eigenvalue weighted by Gasteiger charge is 2.35. The fourth-order valence-electron chi connectivity index (χ4n) is 1.42. The molecule has 7 heteroatoms. The van der Waals surface area contributed by atoms with Gasteiger partial charge in [0, 0.05) is 29.1 Å². The van der Waals surface area contributed by atoms with Crippen LogP contribution in [0.5, 0.6) is 0 Å². The van der Waals surface area contributed by atoms with Crippen LogP contribution in [0, 0.1) is 0 Å².